The van der Waals surface area contributed by atoms with Gasteiger partial charge in [-0.3, -0.25) is 14.4 Å². The number of hydrogen-bond donors (Lipinski definition) is 4. The minimum Gasteiger partial charge on any atom is -0.504 e. The van der Waals surface area contributed by atoms with Gasteiger partial charge in [-0.15, -0.1) is 0 Å². The molecule has 5 N–H and O–H groups in total. The van der Waals surface area contributed by atoms with Crippen LogP contribution < -0.4 is 5.73 Å². The van der Waals surface area contributed by atoms with Gasteiger partial charge in [0.2, 0.25) is 5.91 Å². The smallest absolute Gasteiger partial charge is 0.316 e. The van der Waals surface area contributed by atoms with E-state index in [4.69, 9.17) is 34.3 Å². The number of esters is 1. The molecule has 3 aliphatic heterocycles. The van der Waals surface area contributed by atoms with E-state index in [1.807, 2.05) is 32.8 Å². The van der Waals surface area contributed by atoms with E-state index in [1.165, 1.54) is 32.9 Å². The number of ether oxygens (including phenoxy) is 5. The molecule has 0 spiro atoms. The van der Waals surface area contributed by atoms with Crippen LogP contribution >= 0.6 is 0 Å². The molecule has 2 bridgehead atoms. The van der Waals surface area contributed by atoms with Crippen molar-refractivity contribution in [3.63, 3.8) is 0 Å². The lowest BCUT2D eigenvalue weighted by atomic mass is 9.73. The van der Waals surface area contributed by atoms with E-state index in [0.29, 0.717) is 17.8 Å². The van der Waals surface area contributed by atoms with Crippen LogP contribution in [0.25, 0.3) is 0 Å². The second kappa shape index (κ2) is 19.0. The molecule has 1 amide bonds. The molecule has 17 nitrogen and oxygen atoms in total. The number of nitrogens with two attached hydrogens (primary N) is 1. The number of rotatable bonds is 7. The second-order valence-electron chi connectivity index (χ2n) is 16.5. The van der Waals surface area contributed by atoms with Gasteiger partial charge in [-0.1, -0.05) is 32.9 Å². The first-order valence-corrected chi connectivity index (χ1v) is 19.7. The number of aromatic hydroxyl groups is 1. The number of cyclic esters (lactones) is 1. The highest BCUT2D eigenvalue weighted by Crippen LogP contribution is 2.40. The van der Waals surface area contributed by atoms with Crippen LogP contribution in [0.2, 0.25) is 0 Å². The maximum Gasteiger partial charge on any atom is 0.316 e. The zero-order valence-electron chi connectivity index (χ0n) is 35.1. The Bertz CT molecular complexity index is 1650. The zero-order valence-corrected chi connectivity index (χ0v) is 35.1. The number of aliphatic hydroxyl groups is 2. The topological polar surface area (TPSA) is 234 Å². The van der Waals surface area contributed by atoms with Crippen LogP contribution in [0.5, 0.6) is 5.75 Å². The molecule has 13 atom stereocenters. The summed E-state index contributed by atoms with van der Waals surface area (Å²) in [6, 6.07) is 2.57. The van der Waals surface area contributed by atoms with E-state index < -0.39 is 83.2 Å². The quantitative estimate of drug-likeness (QED) is 0.176. The molecule has 57 heavy (non-hydrogen) atoms. The Morgan fingerprint density at radius 1 is 1.11 bits per heavy atom. The minimum absolute atomic E-state index is 0.0803. The van der Waals surface area contributed by atoms with Crippen molar-refractivity contribution in [1.82, 2.24) is 9.88 Å². The highest BCUT2D eigenvalue weighted by molar-refractivity contribution is 6.00. The maximum atomic E-state index is 14.4. The normalized spacial score (nSPS) is 38.9. The number of carbonyl (C=O) groups excluding carboxylic acids is 3. The van der Waals surface area contributed by atoms with Gasteiger partial charge < -0.3 is 54.5 Å². The predicted octanol–water partition coefficient (Wildman–Crippen LogP) is 2.80. The number of aromatic nitrogens is 1. The Kier molecular flexibility index (Phi) is 15.4. The average molecular weight is 806 g/mol. The summed E-state index contributed by atoms with van der Waals surface area (Å²) >= 11 is 0. The molecule has 320 valence electrons. The number of pyridine rings is 1. The van der Waals surface area contributed by atoms with E-state index in [0.717, 1.165) is 0 Å². The molecule has 4 heterocycles. The molecule has 0 aromatic carbocycles. The Morgan fingerprint density at radius 3 is 2.40 bits per heavy atom. The molecular formula is C40H63N5O12. The number of nitrogen functional groups attached to an aromatic ring is 1. The van der Waals surface area contributed by atoms with E-state index in [2.05, 4.69) is 15.1 Å². The number of oxime groups is 1. The lowest BCUT2D eigenvalue weighted by Crippen LogP contribution is -2.60. The van der Waals surface area contributed by atoms with Crippen LogP contribution in [0.15, 0.2) is 22.3 Å². The Balaban J connectivity index is 1.94. The number of anilines is 1. The van der Waals surface area contributed by atoms with Crippen molar-refractivity contribution in [2.75, 3.05) is 33.0 Å². The highest BCUT2D eigenvalue weighted by atomic mass is 16.7. The lowest BCUT2D eigenvalue weighted by molar-refractivity contribution is -0.296. The van der Waals surface area contributed by atoms with Gasteiger partial charge in [0.1, 0.15) is 29.4 Å². The molecule has 1 aromatic heterocycles. The molecule has 1 aromatic rings. The van der Waals surface area contributed by atoms with Gasteiger partial charge in [0.05, 0.1) is 42.8 Å². The van der Waals surface area contributed by atoms with E-state index in [-0.39, 0.29) is 62.1 Å². The third-order valence-corrected chi connectivity index (χ3v) is 11.5. The number of nitrogens with zero attached hydrogens (tertiary/aromatic N) is 4. The highest BCUT2D eigenvalue weighted by Gasteiger charge is 2.53. The fourth-order valence-corrected chi connectivity index (χ4v) is 8.39. The second-order valence-corrected chi connectivity index (χ2v) is 16.5. The van der Waals surface area contributed by atoms with E-state index >= 15 is 0 Å². The van der Waals surface area contributed by atoms with Crippen molar-refractivity contribution in [3.8, 4) is 5.75 Å². The number of hydrogen-bond acceptors (Lipinski definition) is 16. The van der Waals surface area contributed by atoms with Gasteiger partial charge in [0, 0.05) is 30.5 Å². The molecule has 3 saturated heterocycles. The van der Waals surface area contributed by atoms with Gasteiger partial charge >= 0.3 is 5.97 Å². The molecule has 0 saturated carbocycles. The summed E-state index contributed by atoms with van der Waals surface area (Å²) in [5, 5.41) is 38.1. The third-order valence-electron chi connectivity index (χ3n) is 11.5. The number of Topliss-reactive ketones (excluding diaryl/α,β-unsaturated/α-hetero) is 1. The monoisotopic (exact) mass is 805 g/mol. The van der Waals surface area contributed by atoms with Crippen molar-refractivity contribution >= 4 is 34.9 Å². The van der Waals surface area contributed by atoms with Crippen molar-refractivity contribution in [1.29, 1.82) is 0 Å². The van der Waals surface area contributed by atoms with Gasteiger partial charge in [-0.25, -0.2) is 9.98 Å². The number of carbonyl (C=O) groups is 3. The minimum atomic E-state index is -1.88. The average Bonchev–Trinajstić information content (AvgIpc) is 3.15. The summed E-state index contributed by atoms with van der Waals surface area (Å²) in [5.41, 5.74) is 3.46. The number of amides is 1. The first-order chi connectivity index (χ1) is 26.6. The van der Waals surface area contributed by atoms with Crippen molar-refractivity contribution in [2.24, 2.45) is 33.8 Å². The molecule has 0 radical (unpaired) electrons. The summed E-state index contributed by atoms with van der Waals surface area (Å²) < 4.78 is 32.2. The Morgan fingerprint density at radius 2 is 1.79 bits per heavy atom. The molecule has 17 heteroatoms. The number of aliphatic imine (C=N–C) groups is 1. The summed E-state index contributed by atoms with van der Waals surface area (Å²) in [6.45, 7) is 14.3. The van der Waals surface area contributed by atoms with Crippen molar-refractivity contribution < 1.29 is 58.2 Å². The fraction of sp³-hybridized carbons (Fsp3) is 0.750. The van der Waals surface area contributed by atoms with Gasteiger partial charge in [0.15, 0.2) is 30.2 Å². The van der Waals surface area contributed by atoms with Crippen LogP contribution in [0, 0.1) is 23.7 Å². The van der Waals surface area contributed by atoms with Crippen LogP contribution in [0.1, 0.15) is 87.3 Å². The molecule has 0 aliphatic carbocycles. The number of ketones is 1. The molecule has 4 rings (SSSR count). The van der Waals surface area contributed by atoms with Gasteiger partial charge in [-0.2, -0.15) is 0 Å². The predicted molar refractivity (Wildman–Crippen MR) is 209 cm³/mol. The summed E-state index contributed by atoms with van der Waals surface area (Å²) in [7, 11) is 3.70. The SMILES string of the molecule is CC[C@H]1OC(=O)[C@H](C)C(=O)[C@H](C)[C@@H](O[C@@H]2O[C@H](C)C[C@H](N(C)C)[C@H]2O)[C@@]2(C)C[C@@H](C)C(=NC(C)=O)[C@H](C)[C@H](OC/C(=N\OCc3ccc(O)c(N)n3)CO2)[C@]1(C)O. The van der Waals surface area contributed by atoms with Crippen LogP contribution in [0.3, 0.4) is 0 Å². The van der Waals surface area contributed by atoms with Crippen molar-refractivity contribution in [2.45, 2.75) is 142 Å². The zero-order chi connectivity index (χ0) is 42.6. The molecule has 0 unspecified atom stereocenters. The van der Waals surface area contributed by atoms with Crippen LogP contribution in [0.4, 0.5) is 5.82 Å². The van der Waals surface area contributed by atoms with Gasteiger partial charge in [0.25, 0.3) is 0 Å². The summed E-state index contributed by atoms with van der Waals surface area (Å²) in [6.07, 6.45) is -5.32. The summed E-state index contributed by atoms with van der Waals surface area (Å²) in [5.74, 6) is -5.73. The summed E-state index contributed by atoms with van der Waals surface area (Å²) in [4.78, 5) is 57.2. The fourth-order valence-electron chi connectivity index (χ4n) is 8.39. The first-order valence-electron chi connectivity index (χ1n) is 19.7. The number of likely N-dealkylation sites (N-methyl/N-ethyl adjacent to an activating group) is 1. The van der Waals surface area contributed by atoms with Crippen LogP contribution in [-0.4, -0.2) is 136 Å². The van der Waals surface area contributed by atoms with Crippen LogP contribution in [-0.2, 0) is 49.5 Å². The standard InChI is InChI=1S/C40H63N5O12/c1-12-30-40(9,51)35-22(4)31(42-25(7)46)20(2)16-39(8,53-18-27(17-52-35)44-54-19-26-13-14-29(47)36(41)43-26)34(23(5)32(48)24(6)37(50)56-30)57-38-33(49)28(45(10)11)15-21(3)55-38/h13-14,20-24,28,30,33-35,38,47,49,51H,12,15-19H2,1-11H3,(H2,41,43)/b42-31?,44-27+/t20-,21-,22+,23+,24-,28+,30-,33-,34-,35+,38+,39-,40-/m1/s1. The van der Waals surface area contributed by atoms with E-state index in [9.17, 15) is 29.7 Å². The first kappa shape index (κ1) is 46.1. The van der Waals surface area contributed by atoms with Gasteiger partial charge in [-0.05, 0) is 79.1 Å². The molecule has 3 fully saturated rings. The largest absolute Gasteiger partial charge is 0.504 e. The lowest BCUT2D eigenvalue weighted by Gasteiger charge is -2.47. The third kappa shape index (κ3) is 10.7. The molecule has 3 aliphatic rings. The Labute approximate surface area is 335 Å². The maximum absolute atomic E-state index is 14.4. The van der Waals surface area contributed by atoms with E-state index in [1.54, 1.807) is 27.7 Å². The Hall–Kier alpha value is -3.58. The number of aliphatic hydroxyl groups excluding tert-OH is 1. The molecular weight excluding hydrogens is 742 g/mol. The number of fused-ring (bicyclic) bond motifs is 5. The van der Waals surface area contributed by atoms with Crippen molar-refractivity contribution in [3.05, 3.63) is 17.8 Å².